The molecule has 4 N–H and O–H groups in total. The highest BCUT2D eigenvalue weighted by atomic mass is 32.5. The second kappa shape index (κ2) is 10.1. The first-order valence-corrected chi connectivity index (χ1v) is 13.4. The average Bonchev–Trinajstić information content (AvgIpc) is 2.92. The number of ether oxygens (including phenoxy) is 3. The Morgan fingerprint density at radius 1 is 1.30 bits per heavy atom. The minimum Gasteiger partial charge on any atom is -0.382 e. The van der Waals surface area contributed by atoms with Crippen LogP contribution in [0.4, 0.5) is 0 Å². The van der Waals surface area contributed by atoms with Crippen LogP contribution in [-0.4, -0.2) is 69.5 Å². The van der Waals surface area contributed by atoms with E-state index >= 15 is 0 Å². The lowest BCUT2D eigenvalue weighted by molar-refractivity contribution is -0.0757. The lowest BCUT2D eigenvalue weighted by atomic mass is 10.1. The predicted molar refractivity (Wildman–Crippen MR) is 110 cm³/mol. The van der Waals surface area contributed by atoms with Crippen molar-refractivity contribution in [2.24, 2.45) is 0 Å². The summed E-state index contributed by atoms with van der Waals surface area (Å²) in [6.45, 7) is -0.236. The molecule has 0 radical (unpaired) electrons. The number of hydrogen-bond acceptors (Lipinski definition) is 8. The molecule has 1 fully saturated rings. The fourth-order valence-corrected chi connectivity index (χ4v) is 4.19. The number of H-pyrrole nitrogens is 1. The Balaban J connectivity index is 2.52. The molecule has 5 atom stereocenters. The number of hydrogen-bond donors (Lipinski definition) is 4. The molecule has 5 unspecified atom stereocenters. The quantitative estimate of drug-likeness (QED) is 0.269. The third-order valence-electron chi connectivity index (χ3n) is 4.03. The Labute approximate surface area is 176 Å². The Bertz CT molecular complexity index is 980. The first kappa shape index (κ1) is 25.3. The first-order chi connectivity index (χ1) is 13.8. The van der Waals surface area contributed by atoms with E-state index in [1.165, 1.54) is 26.9 Å². The predicted octanol–water partition coefficient (Wildman–Crippen LogP) is -0.218. The lowest BCUT2D eigenvalue weighted by Gasteiger charge is -2.26. The molecule has 2 heterocycles. The zero-order valence-corrected chi connectivity index (χ0v) is 19.0. The van der Waals surface area contributed by atoms with Crippen molar-refractivity contribution < 1.29 is 38.0 Å². The molecule has 0 aliphatic carbocycles. The topological polar surface area (TPSA) is 170 Å². The van der Waals surface area contributed by atoms with Gasteiger partial charge in [-0.05, 0) is 24.8 Å². The molecule has 0 spiro atoms. The van der Waals surface area contributed by atoms with Gasteiger partial charge in [0.1, 0.15) is 18.3 Å². The maximum absolute atomic E-state index is 12.4. The van der Waals surface area contributed by atoms with Gasteiger partial charge in [0, 0.05) is 31.4 Å². The lowest BCUT2D eigenvalue weighted by Crippen LogP contribution is -2.40. The van der Waals surface area contributed by atoms with Gasteiger partial charge in [-0.1, -0.05) is 0 Å². The molecule has 12 nitrogen and oxygen atoms in total. The van der Waals surface area contributed by atoms with E-state index in [2.05, 4.69) is 4.98 Å². The summed E-state index contributed by atoms with van der Waals surface area (Å²) in [6, 6.07) is 0. The zero-order chi connectivity index (χ0) is 22.7. The Morgan fingerprint density at radius 3 is 2.53 bits per heavy atom. The first-order valence-electron chi connectivity index (χ1n) is 8.64. The molecule has 0 amide bonds. The standard InChI is InChI=1S/C15H24N2O10P2S/c1-9-8-17(15(19)16-13(9)18)14-12(25-6-5-24-2)11(27-28(3,20)30)10(26-14)4-7-29(21,22)23/h4,7-8,10-12,14H,5-6H2,1-3H3,(H,20,30)(H,16,18,19)(H2,21,22,23)/b7-4+. The van der Waals surface area contributed by atoms with E-state index in [0.717, 1.165) is 10.6 Å². The van der Waals surface area contributed by atoms with Crippen molar-refractivity contribution >= 4 is 25.9 Å². The van der Waals surface area contributed by atoms with Crippen molar-refractivity contribution in [3.63, 3.8) is 0 Å². The number of methoxy groups -OCH3 is 1. The summed E-state index contributed by atoms with van der Waals surface area (Å²) in [5.74, 6) is 0.625. The van der Waals surface area contributed by atoms with E-state index in [1.54, 1.807) is 0 Å². The van der Waals surface area contributed by atoms with Crippen LogP contribution in [0.2, 0.25) is 0 Å². The van der Waals surface area contributed by atoms with Crippen LogP contribution in [0.15, 0.2) is 27.7 Å². The number of nitrogens with zero attached hydrogens (tertiary/aromatic N) is 1. The maximum Gasteiger partial charge on any atom is 0.348 e. The van der Waals surface area contributed by atoms with E-state index in [4.69, 9.17) is 40.3 Å². The van der Waals surface area contributed by atoms with Crippen LogP contribution in [0.5, 0.6) is 0 Å². The van der Waals surface area contributed by atoms with Gasteiger partial charge in [0.05, 0.1) is 13.2 Å². The Morgan fingerprint density at radius 2 is 1.97 bits per heavy atom. The molecule has 1 aliphatic rings. The van der Waals surface area contributed by atoms with E-state index in [0.29, 0.717) is 5.82 Å². The molecule has 2 rings (SSSR count). The van der Waals surface area contributed by atoms with Gasteiger partial charge in [-0.15, -0.1) is 0 Å². The third-order valence-corrected chi connectivity index (χ3v) is 5.48. The minimum atomic E-state index is -4.53. The van der Waals surface area contributed by atoms with Gasteiger partial charge in [-0.2, -0.15) is 0 Å². The van der Waals surface area contributed by atoms with E-state index < -0.39 is 49.9 Å². The summed E-state index contributed by atoms with van der Waals surface area (Å²) in [7, 11) is -3.07. The molecule has 1 aromatic rings. The summed E-state index contributed by atoms with van der Waals surface area (Å²) in [4.78, 5) is 54.6. The van der Waals surface area contributed by atoms with E-state index in [-0.39, 0.29) is 18.8 Å². The second-order valence-corrected chi connectivity index (χ2v) is 11.9. The molecule has 0 saturated carbocycles. The number of rotatable bonds is 9. The van der Waals surface area contributed by atoms with Crippen molar-refractivity contribution in [3.8, 4) is 0 Å². The Hall–Kier alpha value is -0.980. The van der Waals surface area contributed by atoms with Gasteiger partial charge < -0.3 is 33.4 Å². The number of nitrogens with one attached hydrogen (secondary N) is 1. The molecule has 0 bridgehead atoms. The summed E-state index contributed by atoms with van der Waals surface area (Å²) in [5.41, 5.74) is -1.13. The molecule has 15 heteroatoms. The van der Waals surface area contributed by atoms with Crippen molar-refractivity contribution in [1.82, 2.24) is 9.55 Å². The van der Waals surface area contributed by atoms with Crippen molar-refractivity contribution in [2.45, 2.75) is 31.5 Å². The van der Waals surface area contributed by atoms with Crippen molar-refractivity contribution in [3.05, 3.63) is 44.5 Å². The van der Waals surface area contributed by atoms with Gasteiger partial charge in [-0.25, -0.2) is 4.79 Å². The fourth-order valence-electron chi connectivity index (χ4n) is 2.81. The zero-order valence-electron chi connectivity index (χ0n) is 16.4. The highest BCUT2D eigenvalue weighted by molar-refractivity contribution is 8.09. The molecule has 0 aromatic carbocycles. The van der Waals surface area contributed by atoms with E-state index in [9.17, 15) is 19.0 Å². The van der Waals surface area contributed by atoms with Crippen LogP contribution in [0, 0.1) is 6.92 Å². The van der Waals surface area contributed by atoms with Gasteiger partial charge in [0.15, 0.2) is 12.7 Å². The second-order valence-electron chi connectivity index (χ2n) is 6.60. The SMILES string of the molecule is COCCOC1C(OP(C)(O)=S)C(/C=C/P(=O)(O)O)OC1n1cc(C)c(=O)[nH]c1=O. The van der Waals surface area contributed by atoms with Crippen LogP contribution in [0.25, 0.3) is 0 Å². The number of aryl methyl sites for hydroxylation is 1. The van der Waals surface area contributed by atoms with Crippen molar-refractivity contribution in [2.75, 3.05) is 27.0 Å². The Kier molecular flexibility index (Phi) is 8.51. The smallest absolute Gasteiger partial charge is 0.348 e. The van der Waals surface area contributed by atoms with Crippen LogP contribution in [0.3, 0.4) is 0 Å². The fraction of sp³-hybridized carbons (Fsp3) is 0.600. The summed E-state index contributed by atoms with van der Waals surface area (Å²) in [6.07, 6.45) is -2.07. The van der Waals surface area contributed by atoms with Crippen LogP contribution < -0.4 is 11.2 Å². The largest absolute Gasteiger partial charge is 0.382 e. The van der Waals surface area contributed by atoms with Crippen molar-refractivity contribution in [1.29, 1.82) is 0 Å². The minimum absolute atomic E-state index is 0.0604. The summed E-state index contributed by atoms with van der Waals surface area (Å²) < 4.78 is 34.4. The molecular formula is C15H24N2O10P2S. The van der Waals surface area contributed by atoms with Gasteiger partial charge in [0.25, 0.3) is 5.56 Å². The summed E-state index contributed by atoms with van der Waals surface area (Å²) >= 11 is 4.95. The normalized spacial score (nSPS) is 26.9. The van der Waals surface area contributed by atoms with Gasteiger partial charge >= 0.3 is 13.3 Å². The van der Waals surface area contributed by atoms with Crippen LogP contribution in [-0.2, 0) is 35.1 Å². The number of aromatic nitrogens is 2. The summed E-state index contributed by atoms with van der Waals surface area (Å²) in [5, 5.41) is 0. The van der Waals surface area contributed by atoms with Crippen LogP contribution >= 0.6 is 14.1 Å². The average molecular weight is 486 g/mol. The highest BCUT2D eigenvalue weighted by Gasteiger charge is 2.48. The molecular weight excluding hydrogens is 462 g/mol. The number of aromatic amines is 1. The van der Waals surface area contributed by atoms with Crippen LogP contribution in [0.1, 0.15) is 11.8 Å². The molecule has 30 heavy (non-hydrogen) atoms. The van der Waals surface area contributed by atoms with Gasteiger partial charge in [-0.3, -0.25) is 18.9 Å². The maximum atomic E-state index is 12.4. The molecule has 1 saturated heterocycles. The van der Waals surface area contributed by atoms with Gasteiger partial charge in [0.2, 0.25) is 0 Å². The monoisotopic (exact) mass is 486 g/mol. The molecule has 170 valence electrons. The molecule has 1 aromatic heterocycles. The highest BCUT2D eigenvalue weighted by Crippen LogP contribution is 2.46. The van der Waals surface area contributed by atoms with E-state index in [1.807, 2.05) is 0 Å². The molecule has 1 aliphatic heterocycles. The third kappa shape index (κ3) is 7.03.